The zero-order valence-electron chi connectivity index (χ0n) is 8.75. The summed E-state index contributed by atoms with van der Waals surface area (Å²) in [6.07, 6.45) is 1.63. The van der Waals surface area contributed by atoms with Crippen LogP contribution < -0.4 is 5.32 Å². The number of hydrogen-bond acceptors (Lipinski definition) is 3. The van der Waals surface area contributed by atoms with Crippen LogP contribution in [0.2, 0.25) is 0 Å². The Morgan fingerprint density at radius 2 is 1.93 bits per heavy atom. The average Bonchev–Trinajstić information content (AvgIpc) is 2.14. The predicted octanol–water partition coefficient (Wildman–Crippen LogP) is -0.647. The maximum Gasteiger partial charge on any atom is 0.241 e. The molecular formula is C9H18N2O3. The molecule has 0 aromatic rings. The third-order valence-electron chi connectivity index (χ3n) is 1.75. The minimum absolute atomic E-state index is 0.0466. The van der Waals surface area contributed by atoms with E-state index in [1.54, 1.807) is 14.1 Å². The van der Waals surface area contributed by atoms with Gasteiger partial charge in [-0.3, -0.25) is 9.59 Å². The quantitative estimate of drug-likeness (QED) is 0.562. The lowest BCUT2D eigenvalue weighted by Gasteiger charge is -2.10. The minimum atomic E-state index is -0.145. The van der Waals surface area contributed by atoms with Crippen molar-refractivity contribution in [3.63, 3.8) is 0 Å². The Balaban J connectivity index is 3.49. The van der Waals surface area contributed by atoms with Crippen molar-refractivity contribution in [2.45, 2.75) is 19.3 Å². The summed E-state index contributed by atoms with van der Waals surface area (Å²) in [6.45, 7) is 0.148. The van der Waals surface area contributed by atoms with Gasteiger partial charge in [0.05, 0.1) is 6.54 Å². The van der Waals surface area contributed by atoms with Crippen LogP contribution >= 0.6 is 0 Å². The zero-order chi connectivity index (χ0) is 11.0. The minimum Gasteiger partial charge on any atom is -0.396 e. The van der Waals surface area contributed by atoms with Gasteiger partial charge in [0.1, 0.15) is 0 Å². The molecule has 0 unspecified atom stereocenters. The van der Waals surface area contributed by atoms with Crippen molar-refractivity contribution in [3.8, 4) is 0 Å². The lowest BCUT2D eigenvalue weighted by Crippen LogP contribution is -2.36. The highest BCUT2D eigenvalue weighted by Gasteiger charge is 2.06. The molecule has 0 radical (unpaired) electrons. The van der Waals surface area contributed by atoms with Crippen LogP contribution in [-0.4, -0.2) is 49.1 Å². The van der Waals surface area contributed by atoms with Crippen molar-refractivity contribution >= 4 is 11.8 Å². The molecule has 0 aromatic carbocycles. The Kier molecular flexibility index (Phi) is 6.74. The molecule has 0 saturated carbocycles. The van der Waals surface area contributed by atoms with Crippen molar-refractivity contribution < 1.29 is 14.7 Å². The van der Waals surface area contributed by atoms with Crippen molar-refractivity contribution in [2.24, 2.45) is 0 Å². The van der Waals surface area contributed by atoms with E-state index in [4.69, 9.17) is 5.11 Å². The highest BCUT2D eigenvalue weighted by atomic mass is 16.3. The van der Waals surface area contributed by atoms with Gasteiger partial charge in [0.15, 0.2) is 0 Å². The number of carbonyl (C=O) groups is 2. The molecular weight excluding hydrogens is 184 g/mol. The molecule has 2 N–H and O–H groups in total. The molecule has 2 amide bonds. The van der Waals surface area contributed by atoms with Gasteiger partial charge < -0.3 is 15.3 Å². The van der Waals surface area contributed by atoms with E-state index in [1.807, 2.05) is 0 Å². The number of nitrogens with one attached hydrogen (secondary N) is 1. The highest BCUT2D eigenvalue weighted by molar-refractivity contribution is 5.84. The fraction of sp³-hybridized carbons (Fsp3) is 0.778. The van der Waals surface area contributed by atoms with E-state index in [9.17, 15) is 9.59 Å². The van der Waals surface area contributed by atoms with E-state index in [2.05, 4.69) is 5.32 Å². The van der Waals surface area contributed by atoms with Crippen LogP contribution in [0.5, 0.6) is 0 Å². The molecule has 14 heavy (non-hydrogen) atoms. The molecule has 0 heterocycles. The monoisotopic (exact) mass is 202 g/mol. The van der Waals surface area contributed by atoms with E-state index in [1.165, 1.54) is 4.90 Å². The fourth-order valence-corrected chi connectivity index (χ4v) is 0.818. The molecule has 0 fully saturated rings. The normalized spacial score (nSPS) is 9.64. The maximum absolute atomic E-state index is 11.1. The number of aliphatic hydroxyl groups is 1. The predicted molar refractivity (Wildman–Crippen MR) is 52.6 cm³/mol. The van der Waals surface area contributed by atoms with E-state index in [0.717, 1.165) is 0 Å². The molecule has 0 aliphatic carbocycles. The van der Waals surface area contributed by atoms with E-state index in [0.29, 0.717) is 19.3 Å². The first-order valence-corrected chi connectivity index (χ1v) is 4.65. The van der Waals surface area contributed by atoms with Gasteiger partial charge in [0.2, 0.25) is 11.8 Å². The van der Waals surface area contributed by atoms with Crippen LogP contribution in [0, 0.1) is 0 Å². The molecule has 5 nitrogen and oxygen atoms in total. The summed E-state index contributed by atoms with van der Waals surface area (Å²) in [6, 6.07) is 0. The van der Waals surface area contributed by atoms with Crippen molar-refractivity contribution in [3.05, 3.63) is 0 Å². The van der Waals surface area contributed by atoms with Crippen molar-refractivity contribution in [1.82, 2.24) is 10.2 Å². The van der Waals surface area contributed by atoms with Gasteiger partial charge in [-0.15, -0.1) is 0 Å². The first kappa shape index (κ1) is 12.9. The lowest BCUT2D eigenvalue weighted by atomic mass is 10.2. The topological polar surface area (TPSA) is 69.6 Å². The Morgan fingerprint density at radius 1 is 1.29 bits per heavy atom. The van der Waals surface area contributed by atoms with E-state index < -0.39 is 0 Å². The Labute approximate surface area is 84.1 Å². The van der Waals surface area contributed by atoms with Gasteiger partial charge >= 0.3 is 0 Å². The van der Waals surface area contributed by atoms with Gasteiger partial charge in [-0.2, -0.15) is 0 Å². The highest BCUT2D eigenvalue weighted by Crippen LogP contribution is 1.93. The van der Waals surface area contributed by atoms with Crippen LogP contribution in [0.4, 0.5) is 0 Å². The molecule has 0 saturated heterocycles. The number of likely N-dealkylation sites (N-methyl/N-ethyl adjacent to an activating group) is 1. The van der Waals surface area contributed by atoms with E-state index in [-0.39, 0.29) is 25.0 Å². The van der Waals surface area contributed by atoms with Crippen LogP contribution in [-0.2, 0) is 9.59 Å². The van der Waals surface area contributed by atoms with Gasteiger partial charge in [0, 0.05) is 27.1 Å². The molecule has 82 valence electrons. The fourth-order valence-electron chi connectivity index (χ4n) is 0.818. The second kappa shape index (κ2) is 7.32. The average molecular weight is 202 g/mol. The first-order chi connectivity index (χ1) is 6.57. The van der Waals surface area contributed by atoms with Crippen LogP contribution in [0.15, 0.2) is 0 Å². The molecule has 0 atom stereocenters. The van der Waals surface area contributed by atoms with Crippen molar-refractivity contribution in [2.75, 3.05) is 27.2 Å². The summed E-state index contributed by atoms with van der Waals surface area (Å²) in [4.78, 5) is 23.6. The molecule has 0 aliphatic heterocycles. The smallest absolute Gasteiger partial charge is 0.241 e. The third-order valence-corrected chi connectivity index (χ3v) is 1.75. The number of amides is 2. The Bertz CT molecular complexity index is 192. The lowest BCUT2D eigenvalue weighted by molar-refractivity contribution is -0.130. The number of hydrogen-bond donors (Lipinski definition) is 2. The van der Waals surface area contributed by atoms with Gasteiger partial charge in [0.25, 0.3) is 0 Å². The Morgan fingerprint density at radius 3 is 2.43 bits per heavy atom. The summed E-state index contributed by atoms with van der Waals surface area (Å²) in [5.74, 6) is -0.269. The standard InChI is InChI=1S/C9H18N2O3/c1-11(2)9(14)7-10-8(13)5-3-4-6-12/h12H,3-7H2,1-2H3,(H,10,13). The summed E-state index contributed by atoms with van der Waals surface area (Å²) in [5.41, 5.74) is 0. The summed E-state index contributed by atoms with van der Waals surface area (Å²) < 4.78 is 0. The number of carbonyl (C=O) groups excluding carboxylic acids is 2. The second-order valence-corrected chi connectivity index (χ2v) is 3.25. The molecule has 0 rings (SSSR count). The summed E-state index contributed by atoms with van der Waals surface area (Å²) in [7, 11) is 3.28. The largest absolute Gasteiger partial charge is 0.396 e. The van der Waals surface area contributed by atoms with Gasteiger partial charge in [-0.05, 0) is 12.8 Å². The SMILES string of the molecule is CN(C)C(=O)CNC(=O)CCCCO. The molecule has 0 aliphatic rings. The van der Waals surface area contributed by atoms with Crippen LogP contribution in [0.3, 0.4) is 0 Å². The number of unbranched alkanes of at least 4 members (excludes halogenated alkanes) is 1. The number of nitrogens with zero attached hydrogens (tertiary/aromatic N) is 1. The zero-order valence-corrected chi connectivity index (χ0v) is 8.75. The number of aliphatic hydroxyl groups excluding tert-OH is 1. The van der Waals surface area contributed by atoms with Gasteiger partial charge in [-0.25, -0.2) is 0 Å². The molecule has 5 heteroatoms. The molecule has 0 aromatic heterocycles. The first-order valence-electron chi connectivity index (χ1n) is 4.65. The second-order valence-electron chi connectivity index (χ2n) is 3.25. The number of rotatable bonds is 6. The van der Waals surface area contributed by atoms with E-state index >= 15 is 0 Å². The Hall–Kier alpha value is -1.10. The van der Waals surface area contributed by atoms with Crippen molar-refractivity contribution in [1.29, 1.82) is 0 Å². The third kappa shape index (κ3) is 6.42. The maximum atomic E-state index is 11.1. The van der Waals surface area contributed by atoms with Crippen LogP contribution in [0.25, 0.3) is 0 Å². The summed E-state index contributed by atoms with van der Waals surface area (Å²) >= 11 is 0. The summed E-state index contributed by atoms with van der Waals surface area (Å²) in [5, 5.41) is 11.0. The van der Waals surface area contributed by atoms with Crippen LogP contribution in [0.1, 0.15) is 19.3 Å². The molecule has 0 spiro atoms. The van der Waals surface area contributed by atoms with Gasteiger partial charge in [-0.1, -0.05) is 0 Å². The molecule has 0 bridgehead atoms.